The van der Waals surface area contributed by atoms with Gasteiger partial charge in [0.25, 0.3) is 0 Å². The Morgan fingerprint density at radius 1 is 1.07 bits per heavy atom. The van der Waals surface area contributed by atoms with E-state index in [0.29, 0.717) is 36.7 Å². The lowest BCUT2D eigenvalue weighted by Gasteiger charge is -2.57. The largest absolute Gasteiger partial charge is 0.490 e. The van der Waals surface area contributed by atoms with E-state index < -0.39 is 0 Å². The first-order valence-corrected chi connectivity index (χ1v) is 10.3. The van der Waals surface area contributed by atoms with Crippen molar-refractivity contribution < 1.29 is 14.2 Å². The number of aliphatic imine (C=N–C) groups is 1. The first-order chi connectivity index (χ1) is 13.3. The topological polar surface area (TPSA) is 64.1 Å². The highest BCUT2D eigenvalue weighted by Gasteiger charge is 2.65. The van der Waals surface area contributed by atoms with Crippen molar-refractivity contribution in [2.75, 3.05) is 32.2 Å². The van der Waals surface area contributed by atoms with Gasteiger partial charge in [0.1, 0.15) is 0 Å². The summed E-state index contributed by atoms with van der Waals surface area (Å²) in [7, 11) is 1.83. The predicted octanol–water partition coefficient (Wildman–Crippen LogP) is 3.18. The molecule has 4 aliphatic rings. The van der Waals surface area contributed by atoms with Crippen molar-refractivity contribution in [3.05, 3.63) is 18.2 Å². The summed E-state index contributed by atoms with van der Waals surface area (Å²) < 4.78 is 17.6. The molecule has 2 aliphatic carbocycles. The summed E-state index contributed by atoms with van der Waals surface area (Å²) >= 11 is 0. The number of ether oxygens (including phenoxy) is 3. The number of rotatable bonds is 2. The highest BCUT2D eigenvalue weighted by atomic mass is 16.5. The summed E-state index contributed by atoms with van der Waals surface area (Å²) in [6, 6.07) is 6.45. The van der Waals surface area contributed by atoms with Gasteiger partial charge in [-0.2, -0.15) is 0 Å². The molecule has 2 N–H and O–H groups in total. The summed E-state index contributed by atoms with van der Waals surface area (Å²) in [6.07, 6.45) is 7.70. The highest BCUT2D eigenvalue weighted by molar-refractivity contribution is 5.94. The lowest BCUT2D eigenvalue weighted by molar-refractivity contribution is -0.124. The van der Waals surface area contributed by atoms with E-state index in [1.165, 1.54) is 25.7 Å². The molecule has 2 aliphatic heterocycles. The van der Waals surface area contributed by atoms with Gasteiger partial charge in [-0.25, -0.2) is 0 Å². The second-order valence-electron chi connectivity index (χ2n) is 8.22. The molecule has 3 fully saturated rings. The molecule has 0 aromatic heterocycles. The van der Waals surface area contributed by atoms with Crippen LogP contribution in [0.1, 0.15) is 38.5 Å². The third-order valence-corrected chi connectivity index (χ3v) is 6.81. The standard InChI is InChI=1S/C21H29N3O3/c1-22-20(23-14-5-6-16-17(13-14)26-11-4-10-25-16)24-18-15-7-12-27-19(15)21(18)8-2-3-9-21/h5-6,13,15,18-19H,2-4,7-12H2,1H3,(H2,22,23,24). The van der Waals surface area contributed by atoms with E-state index in [0.717, 1.165) is 42.6 Å². The van der Waals surface area contributed by atoms with Crippen molar-refractivity contribution >= 4 is 11.6 Å². The summed E-state index contributed by atoms with van der Waals surface area (Å²) in [5.41, 5.74) is 1.27. The number of hydrogen-bond donors (Lipinski definition) is 2. The Balaban J connectivity index is 1.31. The van der Waals surface area contributed by atoms with Crippen LogP contribution < -0.4 is 20.1 Å². The van der Waals surface area contributed by atoms with Gasteiger partial charge in [0.15, 0.2) is 17.5 Å². The quantitative estimate of drug-likeness (QED) is 0.617. The zero-order valence-corrected chi connectivity index (χ0v) is 16.0. The van der Waals surface area contributed by atoms with Crippen LogP contribution in [0.25, 0.3) is 0 Å². The molecule has 0 bridgehead atoms. The van der Waals surface area contributed by atoms with Gasteiger partial charge in [0.05, 0.1) is 19.3 Å². The molecule has 27 heavy (non-hydrogen) atoms. The molecule has 0 radical (unpaired) electrons. The van der Waals surface area contributed by atoms with Gasteiger partial charge < -0.3 is 24.8 Å². The zero-order chi connectivity index (χ0) is 18.3. The van der Waals surface area contributed by atoms with Crippen LogP contribution in [0.15, 0.2) is 23.2 Å². The van der Waals surface area contributed by atoms with Gasteiger partial charge in [0.2, 0.25) is 0 Å². The SMILES string of the molecule is CN=C(Nc1ccc2c(c1)OCCCO2)NC1C2CCOC2C12CCCC2. The van der Waals surface area contributed by atoms with Crippen molar-refractivity contribution in [1.29, 1.82) is 0 Å². The van der Waals surface area contributed by atoms with Crippen LogP contribution in [-0.2, 0) is 4.74 Å². The van der Waals surface area contributed by atoms with Crippen LogP contribution in [0.5, 0.6) is 11.5 Å². The lowest BCUT2D eigenvalue weighted by Crippen LogP contribution is -2.68. The number of guanidine groups is 1. The Kier molecular flexibility index (Phi) is 4.38. The van der Waals surface area contributed by atoms with E-state index in [1.54, 1.807) is 0 Å². The number of fused-ring (bicyclic) bond motifs is 3. The Bertz CT molecular complexity index is 729. The third-order valence-electron chi connectivity index (χ3n) is 6.81. The average molecular weight is 371 g/mol. The van der Waals surface area contributed by atoms with E-state index in [9.17, 15) is 0 Å². The van der Waals surface area contributed by atoms with Crippen molar-refractivity contribution in [3.63, 3.8) is 0 Å². The molecule has 1 aromatic carbocycles. The average Bonchev–Trinajstić information content (AvgIpc) is 3.29. The molecule has 2 heterocycles. The minimum absolute atomic E-state index is 0.309. The van der Waals surface area contributed by atoms with Gasteiger partial charge in [-0.1, -0.05) is 12.8 Å². The van der Waals surface area contributed by atoms with E-state index in [4.69, 9.17) is 14.2 Å². The molecule has 146 valence electrons. The van der Waals surface area contributed by atoms with Crippen LogP contribution in [0.2, 0.25) is 0 Å². The molecule has 5 rings (SSSR count). The molecular formula is C21H29N3O3. The molecule has 1 spiro atoms. The minimum Gasteiger partial charge on any atom is -0.490 e. The summed E-state index contributed by atoms with van der Waals surface area (Å²) in [6.45, 7) is 2.30. The number of nitrogens with zero attached hydrogens (tertiary/aromatic N) is 1. The summed E-state index contributed by atoms with van der Waals surface area (Å²) in [5.74, 6) is 3.06. The minimum atomic E-state index is 0.309. The van der Waals surface area contributed by atoms with Crippen LogP contribution >= 0.6 is 0 Å². The van der Waals surface area contributed by atoms with Crippen LogP contribution in [0.3, 0.4) is 0 Å². The smallest absolute Gasteiger partial charge is 0.195 e. The Morgan fingerprint density at radius 2 is 1.89 bits per heavy atom. The highest BCUT2D eigenvalue weighted by Crippen LogP contribution is 2.60. The second kappa shape index (κ2) is 6.89. The Labute approximate surface area is 160 Å². The monoisotopic (exact) mass is 371 g/mol. The van der Waals surface area contributed by atoms with Crippen molar-refractivity contribution in [2.24, 2.45) is 16.3 Å². The van der Waals surface area contributed by atoms with Crippen molar-refractivity contribution in [3.8, 4) is 11.5 Å². The van der Waals surface area contributed by atoms with E-state index in [1.807, 2.05) is 25.2 Å². The maximum absolute atomic E-state index is 6.10. The van der Waals surface area contributed by atoms with E-state index in [2.05, 4.69) is 15.6 Å². The number of nitrogens with one attached hydrogen (secondary N) is 2. The number of hydrogen-bond acceptors (Lipinski definition) is 4. The summed E-state index contributed by atoms with van der Waals surface area (Å²) in [5, 5.41) is 7.18. The fourth-order valence-corrected chi connectivity index (χ4v) is 5.59. The molecule has 1 saturated heterocycles. The fourth-order valence-electron chi connectivity index (χ4n) is 5.59. The summed E-state index contributed by atoms with van der Waals surface area (Å²) in [4.78, 5) is 4.49. The third kappa shape index (κ3) is 2.85. The first kappa shape index (κ1) is 17.2. The lowest BCUT2D eigenvalue weighted by atomic mass is 9.54. The molecule has 3 unspecified atom stereocenters. The fraction of sp³-hybridized carbons (Fsp3) is 0.667. The molecule has 1 aromatic rings. The van der Waals surface area contributed by atoms with Crippen LogP contribution in [0, 0.1) is 11.3 Å². The van der Waals surface area contributed by atoms with Gasteiger partial charge in [0, 0.05) is 49.2 Å². The molecule has 2 saturated carbocycles. The maximum atomic E-state index is 6.10. The molecule has 6 nitrogen and oxygen atoms in total. The van der Waals surface area contributed by atoms with Crippen LogP contribution in [0.4, 0.5) is 5.69 Å². The Hall–Kier alpha value is -1.95. The maximum Gasteiger partial charge on any atom is 0.195 e. The number of anilines is 1. The number of benzene rings is 1. The first-order valence-electron chi connectivity index (χ1n) is 10.3. The van der Waals surface area contributed by atoms with Gasteiger partial charge in [-0.3, -0.25) is 4.99 Å². The van der Waals surface area contributed by atoms with Gasteiger partial charge in [-0.05, 0) is 31.4 Å². The molecular weight excluding hydrogens is 342 g/mol. The second-order valence-corrected chi connectivity index (χ2v) is 8.22. The predicted molar refractivity (Wildman–Crippen MR) is 105 cm³/mol. The molecule has 0 amide bonds. The van der Waals surface area contributed by atoms with E-state index >= 15 is 0 Å². The molecule has 3 atom stereocenters. The molecule has 6 heteroatoms. The van der Waals surface area contributed by atoms with Gasteiger partial charge >= 0.3 is 0 Å². The van der Waals surface area contributed by atoms with Crippen molar-refractivity contribution in [2.45, 2.75) is 50.7 Å². The Morgan fingerprint density at radius 3 is 2.70 bits per heavy atom. The zero-order valence-electron chi connectivity index (χ0n) is 16.0. The normalized spacial score (nSPS) is 31.1. The van der Waals surface area contributed by atoms with Gasteiger partial charge in [-0.15, -0.1) is 0 Å². The van der Waals surface area contributed by atoms with E-state index in [-0.39, 0.29) is 0 Å². The van der Waals surface area contributed by atoms with Crippen LogP contribution in [-0.4, -0.2) is 45.0 Å². The van der Waals surface area contributed by atoms with Crippen molar-refractivity contribution in [1.82, 2.24) is 5.32 Å².